The molecule has 1 saturated heterocycles. The molecule has 0 spiro atoms. The van der Waals surface area contributed by atoms with Crippen LogP contribution >= 0.6 is 0 Å². The Kier molecular flexibility index (Phi) is 3.49. The summed E-state index contributed by atoms with van der Waals surface area (Å²) in [6, 6.07) is 21.0. The monoisotopic (exact) mass is 330 g/mol. The van der Waals surface area contributed by atoms with Crippen LogP contribution in [-0.4, -0.2) is 22.6 Å². The summed E-state index contributed by atoms with van der Waals surface area (Å²) in [4.78, 5) is 14.7. The van der Waals surface area contributed by atoms with Crippen molar-refractivity contribution in [2.24, 2.45) is 5.92 Å². The van der Waals surface area contributed by atoms with E-state index in [-0.39, 0.29) is 5.56 Å². The number of likely N-dealkylation sites (tertiary alicyclic amines) is 1. The largest absolute Gasteiger partial charge is 0.312 e. The molecule has 5 rings (SSSR count). The van der Waals surface area contributed by atoms with Crippen LogP contribution in [0.3, 0.4) is 0 Å². The zero-order chi connectivity index (χ0) is 16.8. The molecule has 0 aliphatic carbocycles. The van der Waals surface area contributed by atoms with Gasteiger partial charge in [0.05, 0.1) is 0 Å². The van der Waals surface area contributed by atoms with Crippen molar-refractivity contribution in [1.82, 2.24) is 9.47 Å². The lowest BCUT2D eigenvalue weighted by molar-refractivity contribution is 0.115. The second kappa shape index (κ2) is 5.85. The minimum atomic E-state index is 0.162. The molecule has 126 valence electrons. The number of nitrogens with zero attached hydrogens (tertiary/aromatic N) is 2. The lowest BCUT2D eigenvalue weighted by Gasteiger charge is -2.43. The van der Waals surface area contributed by atoms with E-state index in [0.29, 0.717) is 11.8 Å². The zero-order valence-electron chi connectivity index (χ0n) is 14.3. The van der Waals surface area contributed by atoms with Crippen molar-refractivity contribution < 1.29 is 0 Å². The van der Waals surface area contributed by atoms with Gasteiger partial charge in [0, 0.05) is 43.9 Å². The standard InChI is InChI=1S/C22H22N2O/c25-22-10-4-9-21-19-11-16(13-24(21)22)12-23(15-19)14-18-7-3-6-17-5-1-2-8-20(17)18/h1-10,16,19H,11-15H2. The molecule has 2 aromatic carbocycles. The van der Waals surface area contributed by atoms with Gasteiger partial charge in [0.2, 0.25) is 0 Å². The van der Waals surface area contributed by atoms with Crippen molar-refractivity contribution in [1.29, 1.82) is 0 Å². The van der Waals surface area contributed by atoms with Crippen LogP contribution in [0.2, 0.25) is 0 Å². The van der Waals surface area contributed by atoms with Crippen LogP contribution in [0, 0.1) is 5.92 Å². The van der Waals surface area contributed by atoms with Crippen molar-refractivity contribution in [3.05, 3.63) is 82.3 Å². The molecule has 2 bridgehead atoms. The van der Waals surface area contributed by atoms with Gasteiger partial charge in [0.1, 0.15) is 0 Å². The van der Waals surface area contributed by atoms with Gasteiger partial charge in [-0.2, -0.15) is 0 Å². The van der Waals surface area contributed by atoms with Gasteiger partial charge in [-0.1, -0.05) is 48.5 Å². The fraction of sp³-hybridized carbons (Fsp3) is 0.318. The highest BCUT2D eigenvalue weighted by Gasteiger charge is 2.34. The quantitative estimate of drug-likeness (QED) is 0.717. The third-order valence-electron chi connectivity index (χ3n) is 5.83. The van der Waals surface area contributed by atoms with E-state index in [2.05, 4.69) is 53.4 Å². The van der Waals surface area contributed by atoms with E-state index in [4.69, 9.17) is 0 Å². The third kappa shape index (κ3) is 2.59. The minimum Gasteiger partial charge on any atom is -0.312 e. The van der Waals surface area contributed by atoms with Crippen molar-refractivity contribution in [3.63, 3.8) is 0 Å². The molecule has 2 aliphatic heterocycles. The molecule has 2 atom stereocenters. The van der Waals surface area contributed by atoms with Crippen LogP contribution in [-0.2, 0) is 13.1 Å². The second-order valence-corrected chi connectivity index (χ2v) is 7.53. The summed E-state index contributed by atoms with van der Waals surface area (Å²) in [7, 11) is 0. The Hall–Kier alpha value is -2.39. The summed E-state index contributed by atoms with van der Waals surface area (Å²) in [6.07, 6.45) is 1.22. The molecule has 2 unspecified atom stereocenters. The van der Waals surface area contributed by atoms with Gasteiger partial charge < -0.3 is 4.57 Å². The van der Waals surface area contributed by atoms with Crippen molar-refractivity contribution in [2.45, 2.75) is 25.4 Å². The molecule has 2 aliphatic rings. The van der Waals surface area contributed by atoms with Crippen LogP contribution < -0.4 is 5.56 Å². The normalized spacial score (nSPS) is 22.7. The van der Waals surface area contributed by atoms with Gasteiger partial charge in [-0.25, -0.2) is 0 Å². The average molecular weight is 330 g/mol. The SMILES string of the molecule is O=c1cccc2n1CC1CC2CN(Cc2cccc3ccccc23)C1. The lowest BCUT2D eigenvalue weighted by atomic mass is 9.83. The van der Waals surface area contributed by atoms with Crippen LogP contribution in [0.5, 0.6) is 0 Å². The summed E-state index contributed by atoms with van der Waals surface area (Å²) in [5, 5.41) is 2.67. The summed E-state index contributed by atoms with van der Waals surface area (Å²) in [5.41, 5.74) is 2.80. The Labute approximate surface area is 147 Å². The average Bonchev–Trinajstić information content (AvgIpc) is 2.63. The van der Waals surface area contributed by atoms with Crippen molar-refractivity contribution >= 4 is 10.8 Å². The Morgan fingerprint density at radius 2 is 1.72 bits per heavy atom. The first kappa shape index (κ1) is 14.9. The molecule has 0 saturated carbocycles. The van der Waals surface area contributed by atoms with E-state index in [9.17, 15) is 4.79 Å². The summed E-state index contributed by atoms with van der Waals surface area (Å²) >= 11 is 0. The summed E-state index contributed by atoms with van der Waals surface area (Å²) < 4.78 is 2.01. The predicted octanol–water partition coefficient (Wildman–Crippen LogP) is 3.62. The van der Waals surface area contributed by atoms with E-state index in [1.165, 1.54) is 28.5 Å². The maximum atomic E-state index is 12.2. The molecule has 3 nitrogen and oxygen atoms in total. The highest BCUT2D eigenvalue weighted by atomic mass is 16.1. The van der Waals surface area contributed by atoms with Gasteiger partial charge in [0.25, 0.3) is 5.56 Å². The number of pyridine rings is 1. The van der Waals surface area contributed by atoms with Crippen molar-refractivity contribution in [3.8, 4) is 0 Å². The van der Waals surface area contributed by atoms with Crippen molar-refractivity contribution in [2.75, 3.05) is 13.1 Å². The number of rotatable bonds is 2. The maximum absolute atomic E-state index is 12.2. The van der Waals surface area contributed by atoms with E-state index in [0.717, 1.165) is 26.2 Å². The fourth-order valence-electron chi connectivity index (χ4n) is 4.80. The fourth-order valence-corrected chi connectivity index (χ4v) is 4.80. The van der Waals surface area contributed by atoms with Crippen LogP contribution in [0.1, 0.15) is 23.6 Å². The smallest absolute Gasteiger partial charge is 0.250 e. The number of hydrogen-bond donors (Lipinski definition) is 0. The molecule has 0 amide bonds. The number of piperidine rings is 1. The Balaban J connectivity index is 1.45. The Morgan fingerprint density at radius 1 is 0.880 bits per heavy atom. The molecular weight excluding hydrogens is 308 g/mol. The van der Waals surface area contributed by atoms with E-state index in [1.807, 2.05) is 10.6 Å². The van der Waals surface area contributed by atoms with Gasteiger partial charge in [-0.3, -0.25) is 9.69 Å². The van der Waals surface area contributed by atoms with E-state index in [1.54, 1.807) is 6.07 Å². The number of aromatic nitrogens is 1. The van der Waals surface area contributed by atoms with Gasteiger partial charge in [-0.05, 0) is 34.7 Å². The number of benzene rings is 2. The first-order valence-electron chi connectivity index (χ1n) is 9.17. The van der Waals surface area contributed by atoms with Crippen LogP contribution in [0.25, 0.3) is 10.8 Å². The molecule has 0 radical (unpaired) electrons. The molecule has 0 N–H and O–H groups in total. The number of fused-ring (bicyclic) bond motifs is 5. The van der Waals surface area contributed by atoms with Gasteiger partial charge in [-0.15, -0.1) is 0 Å². The molecule has 3 heteroatoms. The molecule has 3 heterocycles. The predicted molar refractivity (Wildman–Crippen MR) is 101 cm³/mol. The van der Waals surface area contributed by atoms with Gasteiger partial charge in [0.15, 0.2) is 0 Å². The highest BCUT2D eigenvalue weighted by molar-refractivity contribution is 5.85. The molecule has 3 aromatic rings. The highest BCUT2D eigenvalue weighted by Crippen LogP contribution is 2.35. The molecule has 25 heavy (non-hydrogen) atoms. The molecule has 1 fully saturated rings. The molecular formula is C22H22N2O. The Morgan fingerprint density at radius 3 is 2.68 bits per heavy atom. The topological polar surface area (TPSA) is 25.2 Å². The van der Waals surface area contributed by atoms with E-state index >= 15 is 0 Å². The summed E-state index contributed by atoms with van der Waals surface area (Å²) in [5.74, 6) is 1.07. The second-order valence-electron chi connectivity index (χ2n) is 7.53. The Bertz CT molecular complexity index is 985. The van der Waals surface area contributed by atoms with Crippen LogP contribution in [0.15, 0.2) is 65.5 Å². The number of hydrogen-bond acceptors (Lipinski definition) is 2. The first-order chi connectivity index (χ1) is 12.3. The molecule has 1 aromatic heterocycles. The lowest BCUT2D eigenvalue weighted by Crippen LogP contribution is -2.46. The third-order valence-corrected chi connectivity index (χ3v) is 5.83. The van der Waals surface area contributed by atoms with Gasteiger partial charge >= 0.3 is 0 Å². The maximum Gasteiger partial charge on any atom is 0.250 e. The zero-order valence-corrected chi connectivity index (χ0v) is 14.3. The minimum absolute atomic E-state index is 0.162. The van der Waals surface area contributed by atoms with Crippen LogP contribution in [0.4, 0.5) is 0 Å². The summed E-state index contributed by atoms with van der Waals surface area (Å²) in [6.45, 7) is 3.99. The first-order valence-corrected chi connectivity index (χ1v) is 9.17. The van der Waals surface area contributed by atoms with E-state index < -0.39 is 0 Å².